The summed E-state index contributed by atoms with van der Waals surface area (Å²) in [7, 11) is 0. The summed E-state index contributed by atoms with van der Waals surface area (Å²) >= 11 is 0. The van der Waals surface area contributed by atoms with Gasteiger partial charge in [0.05, 0.1) is 29.7 Å². The smallest absolute Gasteiger partial charge is 0.218 e. The van der Waals surface area contributed by atoms with Gasteiger partial charge in [-0.3, -0.25) is 9.69 Å². The molecule has 140 valence electrons. The van der Waals surface area contributed by atoms with E-state index in [1.165, 1.54) is 0 Å². The van der Waals surface area contributed by atoms with E-state index in [2.05, 4.69) is 20.0 Å². The summed E-state index contributed by atoms with van der Waals surface area (Å²) in [6.07, 6.45) is 3.77. The van der Waals surface area contributed by atoms with Crippen LogP contribution < -0.4 is 5.73 Å². The molecule has 1 amide bonds. The summed E-state index contributed by atoms with van der Waals surface area (Å²) in [6.45, 7) is 6.82. The Morgan fingerprint density at radius 2 is 2.23 bits per heavy atom. The highest BCUT2D eigenvalue weighted by Gasteiger charge is 2.21. The fourth-order valence-corrected chi connectivity index (χ4v) is 3.26. The van der Waals surface area contributed by atoms with Gasteiger partial charge in [-0.05, 0) is 32.8 Å². The Balaban J connectivity index is 1.58. The predicted molar refractivity (Wildman–Crippen MR) is 95.3 cm³/mol. The van der Waals surface area contributed by atoms with Crippen LogP contribution in [0.15, 0.2) is 16.9 Å². The largest absolute Gasteiger partial charge is 0.376 e. The molecule has 1 aliphatic rings. The van der Waals surface area contributed by atoms with Crippen LogP contribution in [0.1, 0.15) is 30.0 Å². The Hall–Kier alpha value is -2.32. The number of hydrogen-bond acceptors (Lipinski definition) is 7. The van der Waals surface area contributed by atoms with Crippen molar-refractivity contribution in [3.8, 4) is 11.3 Å². The molecule has 0 spiro atoms. The number of amides is 1. The average Bonchev–Trinajstić information content (AvgIpc) is 2.97. The van der Waals surface area contributed by atoms with Gasteiger partial charge in [0, 0.05) is 31.7 Å². The fourth-order valence-electron chi connectivity index (χ4n) is 3.26. The second-order valence-electron chi connectivity index (χ2n) is 6.64. The average molecular weight is 359 g/mol. The topological polar surface area (TPSA) is 107 Å². The van der Waals surface area contributed by atoms with E-state index in [0.717, 1.165) is 54.3 Å². The second-order valence-corrected chi connectivity index (χ2v) is 6.64. The molecule has 3 rings (SSSR count). The van der Waals surface area contributed by atoms with Crippen molar-refractivity contribution in [2.24, 2.45) is 5.73 Å². The highest BCUT2D eigenvalue weighted by molar-refractivity contribution is 5.73. The van der Waals surface area contributed by atoms with Crippen LogP contribution in [0, 0.1) is 13.8 Å². The van der Waals surface area contributed by atoms with Gasteiger partial charge in [0.2, 0.25) is 5.91 Å². The van der Waals surface area contributed by atoms with E-state index in [-0.39, 0.29) is 12.0 Å². The maximum absolute atomic E-state index is 11.0. The maximum atomic E-state index is 11.0. The summed E-state index contributed by atoms with van der Waals surface area (Å²) < 4.78 is 11.1. The Labute approximate surface area is 152 Å². The first kappa shape index (κ1) is 18.5. The molecule has 0 radical (unpaired) electrons. The van der Waals surface area contributed by atoms with Crippen LogP contribution in [0.5, 0.6) is 0 Å². The van der Waals surface area contributed by atoms with E-state index in [9.17, 15) is 4.79 Å². The molecule has 2 aromatic rings. The fraction of sp³-hybridized carbons (Fsp3) is 0.556. The Morgan fingerprint density at radius 1 is 1.38 bits per heavy atom. The molecule has 1 unspecified atom stereocenters. The van der Waals surface area contributed by atoms with Gasteiger partial charge < -0.3 is 15.0 Å². The molecule has 0 aliphatic carbocycles. The number of ether oxygens (including phenoxy) is 1. The zero-order valence-corrected chi connectivity index (χ0v) is 15.3. The Bertz CT molecular complexity index is 742. The second kappa shape index (κ2) is 8.37. The molecular formula is C18H25N5O3. The van der Waals surface area contributed by atoms with Gasteiger partial charge in [0.1, 0.15) is 12.1 Å². The van der Waals surface area contributed by atoms with Gasteiger partial charge in [0.25, 0.3) is 0 Å². The Morgan fingerprint density at radius 3 is 2.96 bits per heavy atom. The number of primary amides is 1. The van der Waals surface area contributed by atoms with Gasteiger partial charge in [0.15, 0.2) is 0 Å². The van der Waals surface area contributed by atoms with Crippen LogP contribution in [0.2, 0.25) is 0 Å². The molecule has 3 heterocycles. The minimum atomic E-state index is -0.263. The van der Waals surface area contributed by atoms with Crippen LogP contribution in [-0.4, -0.2) is 58.3 Å². The number of nitrogens with zero attached hydrogens (tertiary/aromatic N) is 4. The lowest BCUT2D eigenvalue weighted by molar-refractivity contribution is -0.118. The predicted octanol–water partition coefficient (Wildman–Crippen LogP) is 1.26. The number of rotatable bonds is 7. The molecule has 2 aromatic heterocycles. The van der Waals surface area contributed by atoms with Gasteiger partial charge in [-0.25, -0.2) is 9.97 Å². The van der Waals surface area contributed by atoms with Crippen molar-refractivity contribution >= 4 is 5.91 Å². The summed E-state index contributed by atoms with van der Waals surface area (Å²) in [6, 6.07) is 1.99. The summed E-state index contributed by atoms with van der Waals surface area (Å²) in [5.41, 5.74) is 8.79. The molecule has 0 saturated carbocycles. The van der Waals surface area contributed by atoms with Crippen molar-refractivity contribution in [3.63, 3.8) is 0 Å². The van der Waals surface area contributed by atoms with Crippen LogP contribution >= 0.6 is 0 Å². The molecule has 1 atom stereocenters. The summed E-state index contributed by atoms with van der Waals surface area (Å²) in [5.74, 6) is 0.494. The van der Waals surface area contributed by atoms with Crippen LogP contribution in [0.25, 0.3) is 11.3 Å². The number of hydrogen-bond donors (Lipinski definition) is 1. The molecule has 0 aromatic carbocycles. The lowest BCUT2D eigenvalue weighted by Gasteiger charge is -2.32. The SMILES string of the molecule is Cc1noc(C)c1-c1cc(CCC2CN(CCC(N)=O)CCO2)ncn1. The van der Waals surface area contributed by atoms with Crippen molar-refractivity contribution < 1.29 is 14.1 Å². The number of carbonyl (C=O) groups excluding carboxylic acids is 1. The monoisotopic (exact) mass is 359 g/mol. The first-order chi connectivity index (χ1) is 12.5. The maximum Gasteiger partial charge on any atom is 0.218 e. The summed E-state index contributed by atoms with van der Waals surface area (Å²) in [5, 5.41) is 3.99. The quantitative estimate of drug-likeness (QED) is 0.793. The number of carbonyl (C=O) groups is 1. The van der Waals surface area contributed by atoms with E-state index >= 15 is 0 Å². The van der Waals surface area contributed by atoms with E-state index in [0.29, 0.717) is 19.6 Å². The minimum absolute atomic E-state index is 0.133. The van der Waals surface area contributed by atoms with Crippen molar-refractivity contribution in [3.05, 3.63) is 29.5 Å². The lowest BCUT2D eigenvalue weighted by Crippen LogP contribution is -2.43. The Kier molecular flexibility index (Phi) is 5.95. The molecular weight excluding hydrogens is 334 g/mol. The highest BCUT2D eigenvalue weighted by Crippen LogP contribution is 2.25. The van der Waals surface area contributed by atoms with Crippen LogP contribution in [0.3, 0.4) is 0 Å². The molecule has 8 nitrogen and oxygen atoms in total. The first-order valence-electron chi connectivity index (χ1n) is 8.89. The number of nitrogens with two attached hydrogens (primary N) is 1. The number of morpholine rings is 1. The molecule has 0 bridgehead atoms. The van der Waals surface area contributed by atoms with Crippen molar-refractivity contribution in [1.29, 1.82) is 0 Å². The molecule has 2 N–H and O–H groups in total. The van der Waals surface area contributed by atoms with Crippen LogP contribution in [-0.2, 0) is 16.0 Å². The molecule has 1 fully saturated rings. The standard InChI is InChI=1S/C18H25N5O3/c1-12-18(13(2)26-22-12)16-9-14(20-11-21-16)3-4-15-10-23(7-8-25-15)6-5-17(19)24/h9,11,15H,3-8,10H2,1-2H3,(H2,19,24). The molecule has 26 heavy (non-hydrogen) atoms. The van der Waals surface area contributed by atoms with Crippen LogP contribution in [0.4, 0.5) is 0 Å². The van der Waals surface area contributed by atoms with E-state index in [1.807, 2.05) is 19.9 Å². The van der Waals surface area contributed by atoms with E-state index in [1.54, 1.807) is 6.33 Å². The third-order valence-corrected chi connectivity index (χ3v) is 4.63. The number of aromatic nitrogens is 3. The molecule has 1 saturated heterocycles. The zero-order valence-electron chi connectivity index (χ0n) is 15.3. The van der Waals surface area contributed by atoms with Gasteiger partial charge in [-0.1, -0.05) is 5.16 Å². The molecule has 1 aliphatic heterocycles. The van der Waals surface area contributed by atoms with E-state index < -0.39 is 0 Å². The first-order valence-corrected chi connectivity index (χ1v) is 8.89. The van der Waals surface area contributed by atoms with Gasteiger partial charge in [-0.2, -0.15) is 0 Å². The van der Waals surface area contributed by atoms with E-state index in [4.69, 9.17) is 15.0 Å². The third-order valence-electron chi connectivity index (χ3n) is 4.63. The third kappa shape index (κ3) is 4.64. The van der Waals surface area contributed by atoms with Crippen molar-refractivity contribution in [2.75, 3.05) is 26.2 Å². The zero-order chi connectivity index (χ0) is 18.5. The van der Waals surface area contributed by atoms with Gasteiger partial charge in [-0.15, -0.1) is 0 Å². The lowest BCUT2D eigenvalue weighted by atomic mass is 10.1. The van der Waals surface area contributed by atoms with Gasteiger partial charge >= 0.3 is 0 Å². The number of aryl methyl sites for hydroxylation is 3. The normalized spacial score (nSPS) is 18.2. The van der Waals surface area contributed by atoms with Crippen molar-refractivity contribution in [2.45, 2.75) is 39.2 Å². The molecule has 8 heteroatoms. The highest BCUT2D eigenvalue weighted by atomic mass is 16.5. The van der Waals surface area contributed by atoms with Crippen molar-refractivity contribution in [1.82, 2.24) is 20.0 Å². The summed E-state index contributed by atoms with van der Waals surface area (Å²) in [4.78, 5) is 21.9. The minimum Gasteiger partial charge on any atom is -0.376 e.